The van der Waals surface area contributed by atoms with E-state index in [2.05, 4.69) is 5.32 Å². The van der Waals surface area contributed by atoms with E-state index in [0.717, 1.165) is 16.1 Å². The molecule has 0 aliphatic carbocycles. The number of nitrogens with one attached hydrogen (secondary N) is 1. The van der Waals surface area contributed by atoms with Crippen LogP contribution in [0, 0.1) is 0 Å². The van der Waals surface area contributed by atoms with E-state index < -0.39 is 22.5 Å². The maximum atomic E-state index is 13.0. The summed E-state index contributed by atoms with van der Waals surface area (Å²) in [6.07, 6.45) is 1.06. The Hall–Kier alpha value is -3.16. The summed E-state index contributed by atoms with van der Waals surface area (Å²) in [6.45, 7) is 3.47. The molecule has 0 aromatic heterocycles. The summed E-state index contributed by atoms with van der Waals surface area (Å²) in [6, 6.07) is 20.3. The van der Waals surface area contributed by atoms with Crippen molar-refractivity contribution in [2.45, 2.75) is 19.8 Å². The van der Waals surface area contributed by atoms with Gasteiger partial charge in [-0.15, -0.1) is 0 Å². The highest BCUT2D eigenvalue weighted by atomic mass is 35.5. The lowest BCUT2D eigenvalue weighted by atomic mass is 10.0. The Labute approximate surface area is 199 Å². The van der Waals surface area contributed by atoms with Crippen molar-refractivity contribution in [3.8, 4) is 0 Å². The normalized spacial score (nSPS) is 11.3. The molecule has 0 aliphatic rings. The molecule has 8 heteroatoms. The predicted molar refractivity (Wildman–Crippen MR) is 133 cm³/mol. The SMILES string of the molecule is CC(C)c1ccccc1N(CC(=O)Nc1ccc(Cl)cc1C(=O)c1ccccc1)S(C)(=O)=O. The van der Waals surface area contributed by atoms with Crippen molar-refractivity contribution in [2.24, 2.45) is 0 Å². The van der Waals surface area contributed by atoms with Crippen LogP contribution in [-0.2, 0) is 14.8 Å². The van der Waals surface area contributed by atoms with Crippen LogP contribution in [0.15, 0.2) is 72.8 Å². The lowest BCUT2D eigenvalue weighted by Gasteiger charge is -2.25. The second kappa shape index (κ2) is 10.2. The first-order valence-electron chi connectivity index (χ1n) is 10.3. The number of hydrogen-bond acceptors (Lipinski definition) is 4. The van der Waals surface area contributed by atoms with Crippen LogP contribution in [0.4, 0.5) is 11.4 Å². The van der Waals surface area contributed by atoms with Gasteiger partial charge in [0.15, 0.2) is 5.78 Å². The maximum absolute atomic E-state index is 13.0. The van der Waals surface area contributed by atoms with Gasteiger partial charge in [-0.1, -0.05) is 74.0 Å². The molecule has 0 bridgehead atoms. The van der Waals surface area contributed by atoms with Crippen molar-refractivity contribution >= 4 is 44.7 Å². The molecule has 0 radical (unpaired) electrons. The molecule has 33 heavy (non-hydrogen) atoms. The number of carbonyl (C=O) groups excluding carboxylic acids is 2. The number of amides is 1. The number of carbonyl (C=O) groups is 2. The van der Waals surface area contributed by atoms with Crippen LogP contribution in [0.1, 0.15) is 41.3 Å². The van der Waals surface area contributed by atoms with Crippen LogP contribution >= 0.6 is 11.6 Å². The fourth-order valence-corrected chi connectivity index (χ4v) is 4.51. The van der Waals surface area contributed by atoms with Gasteiger partial charge >= 0.3 is 0 Å². The van der Waals surface area contributed by atoms with Crippen LogP contribution in [0.25, 0.3) is 0 Å². The Balaban J connectivity index is 1.92. The highest BCUT2D eigenvalue weighted by Gasteiger charge is 2.25. The van der Waals surface area contributed by atoms with E-state index >= 15 is 0 Å². The van der Waals surface area contributed by atoms with Crippen LogP contribution in [0.2, 0.25) is 5.02 Å². The van der Waals surface area contributed by atoms with Crippen LogP contribution in [-0.4, -0.2) is 32.9 Å². The van der Waals surface area contributed by atoms with Crippen LogP contribution in [0.5, 0.6) is 0 Å². The second-order valence-corrected chi connectivity index (χ2v) is 10.3. The maximum Gasteiger partial charge on any atom is 0.245 e. The van der Waals surface area contributed by atoms with Gasteiger partial charge in [-0.05, 0) is 35.7 Å². The number of benzene rings is 3. The minimum absolute atomic E-state index is 0.0554. The topological polar surface area (TPSA) is 83.6 Å². The molecule has 0 fully saturated rings. The van der Waals surface area contributed by atoms with Crippen molar-refractivity contribution < 1.29 is 18.0 Å². The molecule has 0 atom stereocenters. The smallest absolute Gasteiger partial charge is 0.245 e. The fraction of sp³-hybridized carbons (Fsp3) is 0.200. The third-order valence-corrected chi connectivity index (χ3v) is 6.41. The molecular formula is C25H25ClN2O4S. The summed E-state index contributed by atoms with van der Waals surface area (Å²) in [5, 5.41) is 3.03. The van der Waals surface area contributed by atoms with E-state index in [4.69, 9.17) is 11.6 Å². The Morgan fingerprint density at radius 3 is 2.24 bits per heavy atom. The largest absolute Gasteiger partial charge is 0.324 e. The summed E-state index contributed by atoms with van der Waals surface area (Å²) in [5.74, 6) is -0.832. The summed E-state index contributed by atoms with van der Waals surface area (Å²) < 4.78 is 26.2. The molecule has 172 valence electrons. The average molecular weight is 485 g/mol. The molecule has 0 unspecified atom stereocenters. The van der Waals surface area contributed by atoms with E-state index in [1.807, 2.05) is 26.0 Å². The average Bonchev–Trinajstić information content (AvgIpc) is 2.78. The molecule has 3 aromatic rings. The quantitative estimate of drug-likeness (QED) is 0.451. The Kier molecular flexibility index (Phi) is 7.56. The van der Waals surface area contributed by atoms with Gasteiger partial charge < -0.3 is 5.32 Å². The number of sulfonamides is 1. The highest BCUT2D eigenvalue weighted by Crippen LogP contribution is 2.29. The van der Waals surface area contributed by atoms with Gasteiger partial charge in [0.2, 0.25) is 15.9 Å². The van der Waals surface area contributed by atoms with Gasteiger partial charge in [-0.3, -0.25) is 13.9 Å². The number of nitrogens with zero attached hydrogens (tertiary/aromatic N) is 1. The fourth-order valence-electron chi connectivity index (χ4n) is 3.46. The Morgan fingerprint density at radius 2 is 1.61 bits per heavy atom. The van der Waals surface area contributed by atoms with E-state index in [0.29, 0.717) is 16.3 Å². The van der Waals surface area contributed by atoms with Crippen molar-refractivity contribution in [1.29, 1.82) is 0 Å². The van der Waals surface area contributed by atoms with E-state index in [1.165, 1.54) is 12.1 Å². The number of anilines is 2. The van der Waals surface area contributed by atoms with Gasteiger partial charge in [0, 0.05) is 16.1 Å². The molecule has 3 rings (SSSR count). The van der Waals surface area contributed by atoms with Crippen molar-refractivity contribution in [3.63, 3.8) is 0 Å². The molecule has 6 nitrogen and oxygen atoms in total. The molecular weight excluding hydrogens is 460 g/mol. The first-order chi connectivity index (χ1) is 15.6. The van der Waals surface area contributed by atoms with E-state index in [-0.39, 0.29) is 23.0 Å². The third kappa shape index (κ3) is 6.00. The second-order valence-electron chi connectivity index (χ2n) is 7.92. The van der Waals surface area contributed by atoms with Gasteiger partial charge in [-0.25, -0.2) is 8.42 Å². The Morgan fingerprint density at radius 1 is 0.970 bits per heavy atom. The van der Waals surface area contributed by atoms with Gasteiger partial charge in [0.05, 0.1) is 17.6 Å². The molecule has 0 saturated carbocycles. The standard InChI is InChI=1S/C25H25ClN2O4S/c1-17(2)20-11-7-8-12-23(20)28(33(3,31)32)16-24(29)27-22-14-13-19(26)15-21(22)25(30)18-9-5-4-6-10-18/h4-15,17H,16H2,1-3H3,(H,27,29). The summed E-state index contributed by atoms with van der Waals surface area (Å²) in [5.41, 5.74) is 2.17. The van der Waals surface area contributed by atoms with E-state index in [9.17, 15) is 18.0 Å². The molecule has 0 heterocycles. The summed E-state index contributed by atoms with van der Waals surface area (Å²) in [7, 11) is -3.75. The Bertz CT molecular complexity index is 1270. The zero-order valence-corrected chi connectivity index (χ0v) is 20.2. The first kappa shape index (κ1) is 24.5. The zero-order chi connectivity index (χ0) is 24.2. The lowest BCUT2D eigenvalue weighted by Crippen LogP contribution is -2.38. The molecule has 0 saturated heterocycles. The van der Waals surface area contributed by atoms with Gasteiger partial charge in [0.25, 0.3) is 0 Å². The number of para-hydroxylation sites is 1. The lowest BCUT2D eigenvalue weighted by molar-refractivity contribution is -0.114. The van der Waals surface area contributed by atoms with Crippen LogP contribution in [0.3, 0.4) is 0 Å². The summed E-state index contributed by atoms with van der Waals surface area (Å²) >= 11 is 6.10. The van der Waals surface area contributed by atoms with Crippen molar-refractivity contribution in [1.82, 2.24) is 0 Å². The minimum atomic E-state index is -3.75. The predicted octanol–water partition coefficient (Wildman–Crippen LogP) is 5.10. The number of ketones is 1. The zero-order valence-electron chi connectivity index (χ0n) is 18.6. The highest BCUT2D eigenvalue weighted by molar-refractivity contribution is 7.92. The number of hydrogen-bond donors (Lipinski definition) is 1. The van der Waals surface area contributed by atoms with Gasteiger partial charge in [-0.2, -0.15) is 0 Å². The minimum Gasteiger partial charge on any atom is -0.324 e. The molecule has 0 aliphatic heterocycles. The third-order valence-electron chi connectivity index (χ3n) is 5.05. The molecule has 0 spiro atoms. The number of halogens is 1. The van der Waals surface area contributed by atoms with Crippen molar-refractivity contribution in [3.05, 3.63) is 94.5 Å². The summed E-state index contributed by atoms with van der Waals surface area (Å²) in [4.78, 5) is 26.0. The van der Waals surface area contributed by atoms with Gasteiger partial charge in [0.1, 0.15) is 6.54 Å². The molecule has 1 amide bonds. The molecule has 1 N–H and O–H groups in total. The monoisotopic (exact) mass is 484 g/mol. The molecule has 3 aromatic carbocycles. The first-order valence-corrected chi connectivity index (χ1v) is 12.6. The van der Waals surface area contributed by atoms with Crippen LogP contribution < -0.4 is 9.62 Å². The van der Waals surface area contributed by atoms with E-state index in [1.54, 1.807) is 48.5 Å². The number of rotatable bonds is 8. The van der Waals surface area contributed by atoms with Crippen molar-refractivity contribution in [2.75, 3.05) is 22.4 Å².